The number of hydrogen-bond donors (Lipinski definition) is 2. The van der Waals surface area contributed by atoms with Crippen LogP contribution >= 0.6 is 0 Å². The number of nitrogens with one attached hydrogen (secondary N) is 2. The number of benzene rings is 2. The summed E-state index contributed by atoms with van der Waals surface area (Å²) in [5.74, 6) is 0.206. The molecule has 2 N–H and O–H groups in total. The van der Waals surface area contributed by atoms with Gasteiger partial charge in [-0.05, 0) is 39.2 Å². The summed E-state index contributed by atoms with van der Waals surface area (Å²) in [7, 11) is 7.50. The minimum Gasteiger partial charge on any atom is -0.494 e. The Hall–Kier alpha value is -4.24. The lowest BCUT2D eigenvalue weighted by Crippen LogP contribution is -2.29. The van der Waals surface area contributed by atoms with Crippen molar-refractivity contribution in [3.63, 3.8) is 0 Å². The second-order valence-electron chi connectivity index (χ2n) is 8.57. The maximum atomic E-state index is 12.9. The highest BCUT2D eigenvalue weighted by molar-refractivity contribution is 6.07. The molecule has 1 heterocycles. The second-order valence-corrected chi connectivity index (χ2v) is 8.57. The smallest absolute Gasteiger partial charge is 0.247 e. The fourth-order valence-corrected chi connectivity index (χ4v) is 3.42. The first-order chi connectivity index (χ1) is 17.2. The third kappa shape index (κ3) is 6.67. The molecule has 188 valence electrons. The largest absolute Gasteiger partial charge is 0.494 e. The van der Waals surface area contributed by atoms with Crippen LogP contribution in [0.15, 0.2) is 61.3 Å². The van der Waals surface area contributed by atoms with Gasteiger partial charge in [-0.3, -0.25) is 9.59 Å². The Morgan fingerprint density at radius 2 is 1.78 bits per heavy atom. The SMILES string of the molecule is C=CC(=O)Nc1cc(Nc2nccc(C(=O)c3ccc(C)cc3)n2)c(OC)cc1N(C)CCN(C)C. The molecular weight excluding hydrogens is 456 g/mol. The Morgan fingerprint density at radius 3 is 2.42 bits per heavy atom. The average molecular weight is 489 g/mol. The molecule has 0 bridgehead atoms. The van der Waals surface area contributed by atoms with E-state index >= 15 is 0 Å². The van der Waals surface area contributed by atoms with Gasteiger partial charge < -0.3 is 25.2 Å². The van der Waals surface area contributed by atoms with E-state index in [1.165, 1.54) is 12.3 Å². The molecule has 3 aromatic rings. The summed E-state index contributed by atoms with van der Waals surface area (Å²) in [4.78, 5) is 37.8. The van der Waals surface area contributed by atoms with Crippen molar-refractivity contribution in [3.05, 3.63) is 78.1 Å². The van der Waals surface area contributed by atoms with Gasteiger partial charge in [0.15, 0.2) is 0 Å². The van der Waals surface area contributed by atoms with Crippen molar-refractivity contribution >= 4 is 34.7 Å². The third-order valence-electron chi connectivity index (χ3n) is 5.50. The van der Waals surface area contributed by atoms with Crippen molar-refractivity contribution in [2.75, 3.05) is 56.9 Å². The number of rotatable bonds is 11. The number of aromatic nitrogens is 2. The molecule has 0 aliphatic heterocycles. The molecule has 1 aromatic heterocycles. The van der Waals surface area contributed by atoms with Crippen LogP contribution in [0.25, 0.3) is 0 Å². The molecular formula is C27H32N6O3. The number of nitrogens with zero attached hydrogens (tertiary/aromatic N) is 4. The molecule has 9 heteroatoms. The highest BCUT2D eigenvalue weighted by Gasteiger charge is 2.17. The quantitative estimate of drug-likeness (QED) is 0.310. The van der Waals surface area contributed by atoms with E-state index in [4.69, 9.17) is 4.74 Å². The number of methoxy groups -OCH3 is 1. The predicted molar refractivity (Wildman–Crippen MR) is 144 cm³/mol. The Bertz CT molecular complexity index is 1240. The molecule has 1 amide bonds. The molecule has 0 fully saturated rings. The first kappa shape index (κ1) is 26.4. The normalized spacial score (nSPS) is 10.6. The van der Waals surface area contributed by atoms with Crippen molar-refractivity contribution in [2.45, 2.75) is 6.92 Å². The summed E-state index contributed by atoms with van der Waals surface area (Å²) >= 11 is 0. The topological polar surface area (TPSA) is 99.7 Å². The number of amides is 1. The van der Waals surface area contributed by atoms with Crippen molar-refractivity contribution in [1.82, 2.24) is 14.9 Å². The van der Waals surface area contributed by atoms with Crippen molar-refractivity contribution in [3.8, 4) is 5.75 Å². The minimum atomic E-state index is -0.338. The van der Waals surface area contributed by atoms with Crippen LogP contribution in [-0.2, 0) is 4.79 Å². The van der Waals surface area contributed by atoms with Gasteiger partial charge in [-0.25, -0.2) is 9.97 Å². The Kier molecular flexibility index (Phi) is 8.75. The van der Waals surface area contributed by atoms with Crippen LogP contribution in [0.5, 0.6) is 5.75 Å². The van der Waals surface area contributed by atoms with E-state index in [0.29, 0.717) is 22.7 Å². The van der Waals surface area contributed by atoms with Crippen LogP contribution in [-0.4, -0.2) is 67.9 Å². The van der Waals surface area contributed by atoms with Gasteiger partial charge >= 0.3 is 0 Å². The number of aryl methyl sites for hydroxylation is 1. The number of ketones is 1. The second kappa shape index (κ2) is 11.9. The number of likely N-dealkylation sites (N-methyl/N-ethyl adjacent to an activating group) is 2. The van der Waals surface area contributed by atoms with Gasteiger partial charge in [0.25, 0.3) is 0 Å². The van der Waals surface area contributed by atoms with Crippen molar-refractivity contribution in [1.29, 1.82) is 0 Å². The zero-order valence-electron chi connectivity index (χ0n) is 21.3. The summed E-state index contributed by atoms with van der Waals surface area (Å²) in [5.41, 5.74) is 3.74. The predicted octanol–water partition coefficient (Wildman–Crippen LogP) is 3.89. The molecule has 2 aromatic carbocycles. The van der Waals surface area contributed by atoms with E-state index < -0.39 is 0 Å². The molecule has 0 spiro atoms. The van der Waals surface area contributed by atoms with Crippen molar-refractivity contribution < 1.29 is 14.3 Å². The number of ether oxygens (including phenoxy) is 1. The molecule has 0 atom stereocenters. The molecule has 9 nitrogen and oxygen atoms in total. The number of hydrogen-bond acceptors (Lipinski definition) is 8. The molecule has 0 saturated carbocycles. The maximum absolute atomic E-state index is 12.9. The van der Waals surface area contributed by atoms with Crippen molar-refractivity contribution in [2.24, 2.45) is 0 Å². The lowest BCUT2D eigenvalue weighted by atomic mass is 10.1. The van der Waals surface area contributed by atoms with Gasteiger partial charge in [-0.2, -0.15) is 0 Å². The lowest BCUT2D eigenvalue weighted by Gasteiger charge is -2.26. The molecule has 3 rings (SSSR count). The lowest BCUT2D eigenvalue weighted by molar-refractivity contribution is -0.111. The molecule has 0 radical (unpaired) electrons. The van der Waals surface area contributed by atoms with E-state index in [-0.39, 0.29) is 23.3 Å². The van der Waals surface area contributed by atoms with E-state index in [2.05, 4.69) is 32.1 Å². The van der Waals surface area contributed by atoms with Crippen LogP contribution < -0.4 is 20.3 Å². The van der Waals surface area contributed by atoms with Gasteiger partial charge in [0.05, 0.1) is 24.2 Å². The van der Waals surface area contributed by atoms with Gasteiger partial charge in [0.2, 0.25) is 17.6 Å². The Morgan fingerprint density at radius 1 is 1.06 bits per heavy atom. The zero-order valence-corrected chi connectivity index (χ0v) is 21.3. The van der Waals surface area contributed by atoms with E-state index in [0.717, 1.165) is 24.3 Å². The van der Waals surface area contributed by atoms with E-state index in [1.54, 1.807) is 31.4 Å². The minimum absolute atomic E-state index is 0.204. The standard InChI is InChI=1S/C27H32N6O3/c1-7-25(34)29-21-16-22(24(36-6)17-23(21)33(5)15-14-32(3)4)31-27-28-13-12-20(30-27)26(35)19-10-8-18(2)9-11-19/h7-13,16-17H,1,14-15H2,2-6H3,(H,29,34)(H,28,30,31). The maximum Gasteiger partial charge on any atom is 0.247 e. The molecule has 0 unspecified atom stereocenters. The van der Waals surface area contributed by atoms with Gasteiger partial charge in [0.1, 0.15) is 11.4 Å². The van der Waals surface area contributed by atoms with Crippen LogP contribution in [0, 0.1) is 6.92 Å². The number of carbonyl (C=O) groups excluding carboxylic acids is 2. The number of carbonyl (C=O) groups is 2. The third-order valence-corrected chi connectivity index (χ3v) is 5.50. The van der Waals surface area contributed by atoms with E-state index in [1.807, 2.05) is 51.2 Å². The van der Waals surface area contributed by atoms with Crippen LogP contribution in [0.2, 0.25) is 0 Å². The van der Waals surface area contributed by atoms with Gasteiger partial charge in [-0.15, -0.1) is 0 Å². The van der Waals surface area contributed by atoms with Crippen LogP contribution in [0.4, 0.5) is 23.0 Å². The summed E-state index contributed by atoms with van der Waals surface area (Å²) in [5, 5.41) is 5.98. The highest BCUT2D eigenvalue weighted by atomic mass is 16.5. The van der Waals surface area contributed by atoms with Crippen LogP contribution in [0.3, 0.4) is 0 Å². The van der Waals surface area contributed by atoms with Crippen LogP contribution in [0.1, 0.15) is 21.6 Å². The number of anilines is 4. The Balaban J connectivity index is 1.95. The first-order valence-electron chi connectivity index (χ1n) is 11.4. The summed E-state index contributed by atoms with van der Waals surface area (Å²) in [6.45, 7) is 7.06. The summed E-state index contributed by atoms with van der Waals surface area (Å²) in [6.07, 6.45) is 2.73. The van der Waals surface area contributed by atoms with E-state index in [9.17, 15) is 9.59 Å². The summed E-state index contributed by atoms with van der Waals surface area (Å²) < 4.78 is 5.62. The molecule has 0 aliphatic carbocycles. The zero-order chi connectivity index (χ0) is 26.2. The molecule has 36 heavy (non-hydrogen) atoms. The highest BCUT2D eigenvalue weighted by Crippen LogP contribution is 2.37. The average Bonchev–Trinajstić information content (AvgIpc) is 2.87. The molecule has 0 saturated heterocycles. The first-order valence-corrected chi connectivity index (χ1v) is 11.4. The Labute approximate surface area is 211 Å². The van der Waals surface area contributed by atoms with Gasteiger partial charge in [0, 0.05) is 38.0 Å². The summed E-state index contributed by atoms with van der Waals surface area (Å²) in [6, 6.07) is 12.5. The van der Waals surface area contributed by atoms with Gasteiger partial charge in [-0.1, -0.05) is 36.4 Å². The fraction of sp³-hybridized carbons (Fsp3) is 0.259. The monoisotopic (exact) mass is 488 g/mol. The fourth-order valence-electron chi connectivity index (χ4n) is 3.42. The molecule has 0 aliphatic rings.